The first-order valence-corrected chi connectivity index (χ1v) is 12.2. The Labute approximate surface area is 208 Å². The lowest BCUT2D eigenvalue weighted by Crippen LogP contribution is -2.21. The third kappa shape index (κ3) is 5.06. The molecule has 34 heavy (non-hydrogen) atoms. The van der Waals surface area contributed by atoms with E-state index in [9.17, 15) is 9.59 Å². The number of hydrogen-bond donors (Lipinski definition) is 0. The molecule has 0 saturated carbocycles. The highest BCUT2D eigenvalue weighted by molar-refractivity contribution is 8.00. The van der Waals surface area contributed by atoms with E-state index in [-0.39, 0.29) is 5.25 Å². The third-order valence-electron chi connectivity index (χ3n) is 5.68. The van der Waals surface area contributed by atoms with Crippen molar-refractivity contribution < 1.29 is 19.1 Å². The van der Waals surface area contributed by atoms with Gasteiger partial charge in [0.05, 0.1) is 0 Å². The maximum atomic E-state index is 12.6. The van der Waals surface area contributed by atoms with E-state index in [4.69, 9.17) is 21.1 Å². The van der Waals surface area contributed by atoms with Gasteiger partial charge in [0.25, 0.3) is 0 Å². The van der Waals surface area contributed by atoms with Crippen LogP contribution in [0.1, 0.15) is 31.4 Å². The summed E-state index contributed by atoms with van der Waals surface area (Å²) in [6, 6.07) is 15.3. The molecular weight excluding hydrogens is 468 g/mol. The lowest BCUT2D eigenvalue weighted by molar-refractivity contribution is -0.131. The molecule has 3 aromatic carbocycles. The highest BCUT2D eigenvalue weighted by Gasteiger charge is 2.30. The van der Waals surface area contributed by atoms with Gasteiger partial charge in [0, 0.05) is 48.2 Å². The van der Waals surface area contributed by atoms with Crippen LogP contribution in [0.2, 0.25) is 5.02 Å². The molecule has 1 atom stereocenters. The number of fused-ring (bicyclic) bond motifs is 2. The molecule has 1 unspecified atom stereocenters. The van der Waals surface area contributed by atoms with Crippen molar-refractivity contribution in [3.05, 3.63) is 89.0 Å². The van der Waals surface area contributed by atoms with E-state index < -0.39 is 11.9 Å². The predicted octanol–water partition coefficient (Wildman–Crippen LogP) is 7.11. The van der Waals surface area contributed by atoms with Crippen LogP contribution in [0.5, 0.6) is 11.5 Å². The van der Waals surface area contributed by atoms with Crippen LogP contribution in [0.25, 0.3) is 10.8 Å². The summed E-state index contributed by atoms with van der Waals surface area (Å²) in [7, 11) is 0. The number of ether oxygens (including phenoxy) is 2. The van der Waals surface area contributed by atoms with Crippen LogP contribution in [0.3, 0.4) is 0 Å². The Morgan fingerprint density at radius 3 is 1.94 bits per heavy atom. The van der Waals surface area contributed by atoms with E-state index >= 15 is 0 Å². The van der Waals surface area contributed by atoms with Crippen molar-refractivity contribution in [3.8, 4) is 11.5 Å². The summed E-state index contributed by atoms with van der Waals surface area (Å²) in [4.78, 5) is 26.2. The lowest BCUT2D eigenvalue weighted by atomic mass is 9.86. The zero-order valence-corrected chi connectivity index (χ0v) is 20.7. The number of carbonyl (C=O) groups is 2. The molecule has 0 radical (unpaired) electrons. The Balaban J connectivity index is 1.83. The zero-order chi connectivity index (χ0) is 24.4. The smallest absolute Gasteiger partial charge is 0.338 e. The van der Waals surface area contributed by atoms with Gasteiger partial charge in [0.15, 0.2) is 0 Å². The average Bonchev–Trinajstić information content (AvgIpc) is 2.82. The van der Waals surface area contributed by atoms with Crippen LogP contribution < -0.4 is 9.47 Å². The minimum Gasteiger partial charge on any atom is -0.422 e. The third-order valence-corrected chi connectivity index (χ3v) is 7.21. The number of thioether (sulfide) groups is 1. The Morgan fingerprint density at radius 2 is 1.41 bits per heavy atom. The molecule has 0 bridgehead atoms. The Kier molecular flexibility index (Phi) is 7.15. The number of carbonyl (C=O) groups excluding carboxylic acids is 2. The SMILES string of the molecule is C=C(C)C(=O)Oc1c2c(c(OC(=O)C(=C)C)c3ccccc13)CC(Sc1ccc(Cl)cc1)CC2. The second kappa shape index (κ2) is 10.1. The average molecular weight is 493 g/mol. The fourth-order valence-corrected chi connectivity index (χ4v) is 5.28. The van der Waals surface area contributed by atoms with Gasteiger partial charge in [-0.3, -0.25) is 0 Å². The highest BCUT2D eigenvalue weighted by atomic mass is 35.5. The molecule has 0 fully saturated rings. The monoisotopic (exact) mass is 492 g/mol. The van der Waals surface area contributed by atoms with E-state index in [2.05, 4.69) is 13.2 Å². The maximum Gasteiger partial charge on any atom is 0.338 e. The Hall–Kier alpha value is -3.02. The highest BCUT2D eigenvalue weighted by Crippen LogP contribution is 2.47. The van der Waals surface area contributed by atoms with Gasteiger partial charge in [-0.05, 0) is 57.4 Å². The Morgan fingerprint density at radius 1 is 0.882 bits per heavy atom. The molecule has 0 amide bonds. The van der Waals surface area contributed by atoms with E-state index in [0.717, 1.165) is 33.2 Å². The summed E-state index contributed by atoms with van der Waals surface area (Å²) >= 11 is 7.80. The molecule has 1 aliphatic rings. The van der Waals surface area contributed by atoms with Gasteiger partial charge in [-0.1, -0.05) is 49.0 Å². The molecule has 0 aromatic heterocycles. The predicted molar refractivity (Wildman–Crippen MR) is 138 cm³/mol. The Bertz CT molecular complexity index is 1310. The van der Waals surface area contributed by atoms with Crippen molar-refractivity contribution in [1.29, 1.82) is 0 Å². The summed E-state index contributed by atoms with van der Waals surface area (Å²) in [5.74, 6) is 0.0713. The van der Waals surface area contributed by atoms with Crippen molar-refractivity contribution in [3.63, 3.8) is 0 Å². The molecule has 1 aliphatic carbocycles. The number of rotatable bonds is 6. The van der Waals surface area contributed by atoms with E-state index in [1.807, 2.05) is 48.5 Å². The van der Waals surface area contributed by atoms with Gasteiger partial charge in [-0.25, -0.2) is 9.59 Å². The van der Waals surface area contributed by atoms with Crippen LogP contribution in [0.15, 0.2) is 77.7 Å². The molecule has 0 saturated heterocycles. The van der Waals surface area contributed by atoms with Gasteiger partial charge < -0.3 is 9.47 Å². The van der Waals surface area contributed by atoms with Crippen LogP contribution in [-0.2, 0) is 22.4 Å². The van der Waals surface area contributed by atoms with Crippen molar-refractivity contribution >= 4 is 46.1 Å². The largest absolute Gasteiger partial charge is 0.422 e. The van der Waals surface area contributed by atoms with Crippen molar-refractivity contribution in [2.45, 2.75) is 43.3 Å². The summed E-state index contributed by atoms with van der Waals surface area (Å²) in [5, 5.41) is 2.39. The molecule has 0 spiro atoms. The van der Waals surface area contributed by atoms with Gasteiger partial charge in [0.2, 0.25) is 0 Å². The topological polar surface area (TPSA) is 52.6 Å². The van der Waals surface area contributed by atoms with E-state index in [1.165, 1.54) is 0 Å². The van der Waals surface area contributed by atoms with Crippen LogP contribution >= 0.6 is 23.4 Å². The molecule has 0 heterocycles. The second-order valence-corrected chi connectivity index (χ2v) is 10.2. The molecule has 174 valence electrons. The zero-order valence-electron chi connectivity index (χ0n) is 19.2. The lowest BCUT2D eigenvalue weighted by Gasteiger charge is -2.29. The van der Waals surface area contributed by atoms with Crippen LogP contribution in [-0.4, -0.2) is 17.2 Å². The van der Waals surface area contributed by atoms with Gasteiger partial charge >= 0.3 is 11.9 Å². The number of benzene rings is 3. The minimum atomic E-state index is -0.480. The summed E-state index contributed by atoms with van der Waals surface area (Å²) in [6.07, 6.45) is 2.22. The van der Waals surface area contributed by atoms with Crippen LogP contribution in [0, 0.1) is 0 Å². The standard InChI is InChI=1S/C28H25ClO4S/c1-16(2)27(30)32-25-21-7-5-6-8-22(21)26(33-28(31)17(3)4)24-15-20(13-14-23(24)25)34-19-11-9-18(29)10-12-19/h5-12,20H,1,3,13-15H2,2,4H3. The molecule has 4 rings (SSSR count). The number of hydrogen-bond acceptors (Lipinski definition) is 5. The molecule has 3 aromatic rings. The molecule has 0 N–H and O–H groups in total. The normalized spacial score (nSPS) is 14.9. The summed E-state index contributed by atoms with van der Waals surface area (Å²) in [6.45, 7) is 10.7. The summed E-state index contributed by atoms with van der Waals surface area (Å²) < 4.78 is 11.7. The van der Waals surface area contributed by atoms with Crippen LogP contribution in [0.4, 0.5) is 0 Å². The first kappa shape index (κ1) is 24.1. The van der Waals surface area contributed by atoms with Crippen molar-refractivity contribution in [2.75, 3.05) is 0 Å². The van der Waals surface area contributed by atoms with E-state index in [1.54, 1.807) is 25.6 Å². The molecule has 6 heteroatoms. The maximum absolute atomic E-state index is 12.6. The summed E-state index contributed by atoms with van der Waals surface area (Å²) in [5.41, 5.74) is 2.42. The van der Waals surface area contributed by atoms with Gasteiger partial charge in [-0.15, -0.1) is 11.8 Å². The van der Waals surface area contributed by atoms with Crippen molar-refractivity contribution in [1.82, 2.24) is 0 Å². The minimum absolute atomic E-state index is 0.252. The molecule has 0 aliphatic heterocycles. The fraction of sp³-hybridized carbons (Fsp3) is 0.214. The second-order valence-electron chi connectivity index (χ2n) is 8.44. The quantitative estimate of drug-likeness (QED) is 0.208. The number of halogens is 1. The number of esters is 2. The van der Waals surface area contributed by atoms with Gasteiger partial charge in [-0.2, -0.15) is 0 Å². The molecular formula is C28H25ClO4S. The first-order valence-electron chi connectivity index (χ1n) is 11.0. The fourth-order valence-electron chi connectivity index (χ4n) is 3.99. The van der Waals surface area contributed by atoms with E-state index in [0.29, 0.717) is 40.5 Å². The molecule has 4 nitrogen and oxygen atoms in total. The van der Waals surface area contributed by atoms with Gasteiger partial charge in [0.1, 0.15) is 11.5 Å². The van der Waals surface area contributed by atoms with Crippen molar-refractivity contribution in [2.24, 2.45) is 0 Å². The first-order chi connectivity index (χ1) is 16.2.